The molecule has 1 aliphatic carbocycles. The molecule has 5 atom stereocenters. The lowest BCUT2D eigenvalue weighted by Gasteiger charge is -2.38. The van der Waals surface area contributed by atoms with Gasteiger partial charge in [0.05, 0.1) is 18.2 Å². The van der Waals surface area contributed by atoms with E-state index in [0.29, 0.717) is 12.8 Å². The summed E-state index contributed by atoms with van der Waals surface area (Å²) in [6.45, 7) is 9.79. The van der Waals surface area contributed by atoms with Gasteiger partial charge in [-0.25, -0.2) is 0 Å². The van der Waals surface area contributed by atoms with Crippen LogP contribution in [0.4, 0.5) is 4.79 Å². The van der Waals surface area contributed by atoms with Crippen LogP contribution in [-0.2, 0) is 20.7 Å². The van der Waals surface area contributed by atoms with Crippen LogP contribution in [-0.4, -0.2) is 61.1 Å². The third-order valence-electron chi connectivity index (χ3n) is 6.94. The van der Waals surface area contributed by atoms with Crippen LogP contribution in [0.2, 0.25) is 0 Å². The molecule has 0 bridgehead atoms. The second-order valence-electron chi connectivity index (χ2n) is 11.1. The Bertz CT molecular complexity index is 823. The van der Waals surface area contributed by atoms with Gasteiger partial charge in [-0.15, -0.1) is 0 Å². The highest BCUT2D eigenvalue weighted by atomic mass is 16.5. The summed E-state index contributed by atoms with van der Waals surface area (Å²) in [6.07, 6.45) is 3.68. The Kier molecular flexibility index (Phi) is 7.95. The number of ether oxygens (including phenoxy) is 2. The minimum atomic E-state index is -0.811. The van der Waals surface area contributed by atoms with Crippen LogP contribution in [0.15, 0.2) is 30.3 Å². The maximum atomic E-state index is 13.2. The van der Waals surface area contributed by atoms with E-state index in [0.717, 1.165) is 24.8 Å². The van der Waals surface area contributed by atoms with E-state index in [1.54, 1.807) is 12.0 Å². The zero-order chi connectivity index (χ0) is 24.4. The van der Waals surface area contributed by atoms with Crippen molar-refractivity contribution in [3.05, 3.63) is 35.9 Å². The third kappa shape index (κ3) is 6.39. The van der Waals surface area contributed by atoms with E-state index in [9.17, 15) is 9.59 Å². The molecule has 1 aromatic rings. The first-order valence-electron chi connectivity index (χ1n) is 12.1. The normalized spacial score (nSPS) is 29.6. The topological polar surface area (TPSA) is 67.9 Å². The van der Waals surface area contributed by atoms with Crippen molar-refractivity contribution in [2.45, 2.75) is 96.2 Å². The minimum Gasteiger partial charge on any atom is -0.381 e. The number of nitrogens with zero attached hydrogens (tertiary/aromatic N) is 1. The average molecular weight is 454 g/mol. The van der Waals surface area contributed by atoms with Gasteiger partial charge >= 0.3 is 0 Å². The standard InChI is InChI=1S/C26H39BN2O4/c1-25(2,3)28-23(30)20-13-12-19(32-6)15-18(20)16-22-21(14-17-10-8-7-9-11-17)29(24(27)31)26(4,5)33-22/h7-11,18-22H,12-16H2,1-6H3,(H,28,30). The van der Waals surface area contributed by atoms with Crippen LogP contribution >= 0.6 is 0 Å². The largest absolute Gasteiger partial charge is 0.381 e. The molecular formula is C26H39BN2O4. The Labute approximate surface area is 200 Å². The Morgan fingerprint density at radius 3 is 2.45 bits per heavy atom. The number of amides is 2. The van der Waals surface area contributed by atoms with Crippen LogP contribution in [0.1, 0.15) is 65.9 Å². The van der Waals surface area contributed by atoms with Crippen LogP contribution in [0.25, 0.3) is 0 Å². The molecule has 6 nitrogen and oxygen atoms in total. The summed E-state index contributed by atoms with van der Waals surface area (Å²) in [5, 5.41) is 3.17. The van der Waals surface area contributed by atoms with Crippen LogP contribution in [0.5, 0.6) is 0 Å². The quantitative estimate of drug-likeness (QED) is 0.659. The van der Waals surface area contributed by atoms with Crippen molar-refractivity contribution in [3.8, 4) is 0 Å². The number of benzene rings is 1. The first-order chi connectivity index (χ1) is 15.4. The molecule has 0 aromatic heterocycles. The zero-order valence-electron chi connectivity index (χ0n) is 21.0. The number of methoxy groups -OCH3 is 1. The molecule has 2 radical (unpaired) electrons. The van der Waals surface area contributed by atoms with Crippen molar-refractivity contribution in [1.82, 2.24) is 10.2 Å². The Hall–Kier alpha value is -1.86. The van der Waals surface area contributed by atoms with Crippen molar-refractivity contribution in [3.63, 3.8) is 0 Å². The molecule has 1 saturated heterocycles. The lowest BCUT2D eigenvalue weighted by molar-refractivity contribution is -0.132. The van der Waals surface area contributed by atoms with E-state index in [1.165, 1.54) is 0 Å². The zero-order valence-corrected chi connectivity index (χ0v) is 21.0. The number of hydrogen-bond donors (Lipinski definition) is 1. The van der Waals surface area contributed by atoms with Crippen LogP contribution in [0.3, 0.4) is 0 Å². The fourth-order valence-corrected chi connectivity index (χ4v) is 5.59. The van der Waals surface area contributed by atoms with Gasteiger partial charge in [-0.1, -0.05) is 30.3 Å². The summed E-state index contributed by atoms with van der Waals surface area (Å²) in [4.78, 5) is 27.3. The van der Waals surface area contributed by atoms with E-state index >= 15 is 0 Å². The first kappa shape index (κ1) is 25.8. The lowest BCUT2D eigenvalue weighted by Crippen LogP contribution is -2.50. The molecule has 2 amide bonds. The highest BCUT2D eigenvalue weighted by Crippen LogP contribution is 2.41. The molecule has 0 spiro atoms. The highest BCUT2D eigenvalue weighted by Gasteiger charge is 2.50. The van der Waals surface area contributed by atoms with Crippen molar-refractivity contribution >= 4 is 19.6 Å². The second kappa shape index (κ2) is 10.2. The van der Waals surface area contributed by atoms with Gasteiger partial charge in [0, 0.05) is 18.6 Å². The van der Waals surface area contributed by atoms with Crippen LogP contribution in [0, 0.1) is 11.8 Å². The van der Waals surface area contributed by atoms with Gasteiger partial charge < -0.3 is 19.7 Å². The Balaban J connectivity index is 1.86. The Morgan fingerprint density at radius 1 is 1.21 bits per heavy atom. The highest BCUT2D eigenvalue weighted by molar-refractivity contribution is 6.57. The van der Waals surface area contributed by atoms with E-state index in [2.05, 4.69) is 17.4 Å². The smallest absolute Gasteiger partial charge is 0.223 e. The van der Waals surface area contributed by atoms with E-state index in [1.807, 2.05) is 52.8 Å². The molecule has 2 fully saturated rings. The predicted octanol–water partition coefficient (Wildman–Crippen LogP) is 4.06. The predicted molar refractivity (Wildman–Crippen MR) is 130 cm³/mol. The van der Waals surface area contributed by atoms with Gasteiger partial charge in [0.1, 0.15) is 5.72 Å². The first-order valence-corrected chi connectivity index (χ1v) is 12.1. The number of carbonyl (C=O) groups is 2. The summed E-state index contributed by atoms with van der Waals surface area (Å²) in [7, 11) is 7.56. The Morgan fingerprint density at radius 2 is 1.88 bits per heavy atom. The molecular weight excluding hydrogens is 415 g/mol. The molecule has 5 unspecified atom stereocenters. The summed E-state index contributed by atoms with van der Waals surface area (Å²) < 4.78 is 12.1. The SMILES string of the molecule is [B]C(=O)N1C(Cc2ccccc2)C(CC2CC(OC)CCC2C(=O)NC(C)(C)C)OC1(C)C. The lowest BCUT2D eigenvalue weighted by atomic mass is 9.73. The van der Waals surface area contributed by atoms with Crippen molar-refractivity contribution in [1.29, 1.82) is 0 Å². The van der Waals surface area contributed by atoms with E-state index in [4.69, 9.17) is 17.3 Å². The van der Waals surface area contributed by atoms with Crippen LogP contribution < -0.4 is 5.32 Å². The summed E-state index contributed by atoms with van der Waals surface area (Å²) >= 11 is 0. The number of rotatable bonds is 6. The third-order valence-corrected chi connectivity index (χ3v) is 6.94. The molecule has 1 saturated carbocycles. The molecule has 3 rings (SSSR count). The van der Waals surface area contributed by atoms with Gasteiger partial charge in [-0.3, -0.25) is 9.59 Å². The molecule has 1 N–H and O–H groups in total. The summed E-state index contributed by atoms with van der Waals surface area (Å²) in [5.74, 6) is -0.408. The fraction of sp³-hybridized carbons (Fsp3) is 0.692. The number of nitrogens with one attached hydrogen (secondary N) is 1. The van der Waals surface area contributed by atoms with E-state index in [-0.39, 0.29) is 41.5 Å². The summed E-state index contributed by atoms with van der Waals surface area (Å²) in [6, 6.07) is 9.89. The van der Waals surface area contributed by atoms with Gasteiger partial charge in [-0.05, 0) is 78.2 Å². The van der Waals surface area contributed by atoms with Crippen molar-refractivity contribution < 1.29 is 19.1 Å². The van der Waals surface area contributed by atoms with Gasteiger partial charge in [0.15, 0.2) is 5.81 Å². The maximum Gasteiger partial charge on any atom is 0.223 e. The number of hydrogen-bond acceptors (Lipinski definition) is 4. The molecule has 1 aromatic carbocycles. The van der Waals surface area contributed by atoms with Gasteiger partial charge in [0.2, 0.25) is 13.8 Å². The molecule has 1 heterocycles. The van der Waals surface area contributed by atoms with Gasteiger partial charge in [0.25, 0.3) is 0 Å². The summed E-state index contributed by atoms with van der Waals surface area (Å²) in [5.41, 5.74) is 0.0269. The minimum absolute atomic E-state index is 0.0886. The molecule has 33 heavy (non-hydrogen) atoms. The van der Waals surface area contributed by atoms with Crippen molar-refractivity contribution in [2.24, 2.45) is 11.8 Å². The van der Waals surface area contributed by atoms with Crippen molar-refractivity contribution in [2.75, 3.05) is 7.11 Å². The fourth-order valence-electron chi connectivity index (χ4n) is 5.59. The maximum absolute atomic E-state index is 13.2. The molecule has 180 valence electrons. The molecule has 2 aliphatic rings. The van der Waals surface area contributed by atoms with E-state index < -0.39 is 11.5 Å². The average Bonchev–Trinajstić information content (AvgIpc) is 2.96. The second-order valence-corrected chi connectivity index (χ2v) is 11.1. The monoisotopic (exact) mass is 454 g/mol. The number of carbonyl (C=O) groups excluding carboxylic acids is 2. The van der Waals surface area contributed by atoms with Gasteiger partial charge in [-0.2, -0.15) is 0 Å². The molecule has 7 heteroatoms. The molecule has 1 aliphatic heterocycles.